The van der Waals surface area contributed by atoms with Gasteiger partial charge in [-0.2, -0.15) is 0 Å². The van der Waals surface area contributed by atoms with E-state index in [-0.39, 0.29) is 18.4 Å². The SMILES string of the molecule is O=C(O)CC1COCCN1C(=O)CC1CC2CCC1C2. The third-order valence-electron chi connectivity index (χ3n) is 5.28. The summed E-state index contributed by atoms with van der Waals surface area (Å²) in [4.78, 5) is 25.1. The molecule has 0 aromatic heterocycles. The van der Waals surface area contributed by atoms with Crippen molar-refractivity contribution in [1.29, 1.82) is 0 Å². The van der Waals surface area contributed by atoms with E-state index in [1.807, 2.05) is 0 Å². The molecule has 1 amide bonds. The number of carbonyl (C=O) groups is 2. The van der Waals surface area contributed by atoms with Crippen LogP contribution in [0.3, 0.4) is 0 Å². The zero-order chi connectivity index (χ0) is 14.1. The number of carboxylic acid groups (broad SMARTS) is 1. The van der Waals surface area contributed by atoms with E-state index in [1.54, 1.807) is 4.90 Å². The lowest BCUT2D eigenvalue weighted by Crippen LogP contribution is -2.50. The van der Waals surface area contributed by atoms with Crippen molar-refractivity contribution in [2.45, 2.75) is 44.6 Å². The number of ether oxygens (including phenoxy) is 1. The van der Waals surface area contributed by atoms with Crippen LogP contribution < -0.4 is 0 Å². The molecule has 20 heavy (non-hydrogen) atoms. The smallest absolute Gasteiger partial charge is 0.305 e. The molecule has 1 heterocycles. The number of carbonyl (C=O) groups excluding carboxylic acids is 1. The van der Waals surface area contributed by atoms with Crippen molar-refractivity contribution >= 4 is 11.9 Å². The number of fused-ring (bicyclic) bond motifs is 2. The molecule has 0 spiro atoms. The van der Waals surface area contributed by atoms with Crippen molar-refractivity contribution in [2.75, 3.05) is 19.8 Å². The number of rotatable bonds is 4. The van der Waals surface area contributed by atoms with E-state index >= 15 is 0 Å². The molecule has 2 aliphatic carbocycles. The second-order valence-corrected chi connectivity index (χ2v) is 6.55. The Bertz CT molecular complexity index is 397. The summed E-state index contributed by atoms with van der Waals surface area (Å²) in [6.07, 6.45) is 5.72. The van der Waals surface area contributed by atoms with Gasteiger partial charge in [-0.1, -0.05) is 6.42 Å². The van der Waals surface area contributed by atoms with Crippen LogP contribution in [0.1, 0.15) is 38.5 Å². The number of aliphatic carboxylic acids is 1. The van der Waals surface area contributed by atoms with E-state index < -0.39 is 5.97 Å². The van der Waals surface area contributed by atoms with Crippen molar-refractivity contribution < 1.29 is 19.4 Å². The largest absolute Gasteiger partial charge is 0.481 e. The van der Waals surface area contributed by atoms with Gasteiger partial charge >= 0.3 is 5.97 Å². The number of nitrogens with zero attached hydrogens (tertiary/aromatic N) is 1. The molecule has 5 nitrogen and oxygen atoms in total. The van der Waals surface area contributed by atoms with Crippen molar-refractivity contribution in [3.05, 3.63) is 0 Å². The third kappa shape index (κ3) is 2.82. The molecule has 3 rings (SSSR count). The number of carboxylic acids is 1. The predicted molar refractivity (Wildman–Crippen MR) is 72.1 cm³/mol. The maximum atomic E-state index is 12.5. The average Bonchev–Trinajstić information content (AvgIpc) is 3.00. The fraction of sp³-hybridized carbons (Fsp3) is 0.867. The summed E-state index contributed by atoms with van der Waals surface area (Å²) in [5.74, 6) is 1.39. The lowest BCUT2D eigenvalue weighted by molar-refractivity contribution is -0.147. The first-order valence-corrected chi connectivity index (χ1v) is 7.72. The van der Waals surface area contributed by atoms with Gasteiger partial charge in [-0.15, -0.1) is 0 Å². The highest BCUT2D eigenvalue weighted by molar-refractivity contribution is 5.78. The summed E-state index contributed by atoms with van der Waals surface area (Å²) in [7, 11) is 0. The van der Waals surface area contributed by atoms with Crippen LogP contribution in [-0.4, -0.2) is 47.7 Å². The van der Waals surface area contributed by atoms with Gasteiger partial charge in [-0.05, 0) is 37.0 Å². The van der Waals surface area contributed by atoms with Gasteiger partial charge in [-0.3, -0.25) is 9.59 Å². The molecule has 4 atom stereocenters. The Kier molecular flexibility index (Phi) is 3.96. The van der Waals surface area contributed by atoms with Crippen LogP contribution in [0.2, 0.25) is 0 Å². The first-order chi connectivity index (χ1) is 9.63. The van der Waals surface area contributed by atoms with Gasteiger partial charge in [0.05, 0.1) is 25.7 Å². The lowest BCUT2D eigenvalue weighted by atomic mass is 9.86. The highest BCUT2D eigenvalue weighted by Crippen LogP contribution is 2.49. The number of hydrogen-bond acceptors (Lipinski definition) is 3. The minimum Gasteiger partial charge on any atom is -0.481 e. The van der Waals surface area contributed by atoms with Gasteiger partial charge < -0.3 is 14.7 Å². The molecule has 112 valence electrons. The zero-order valence-electron chi connectivity index (χ0n) is 11.8. The summed E-state index contributed by atoms with van der Waals surface area (Å²) >= 11 is 0. The van der Waals surface area contributed by atoms with Crippen molar-refractivity contribution in [1.82, 2.24) is 4.90 Å². The molecule has 0 radical (unpaired) electrons. The average molecular weight is 281 g/mol. The summed E-state index contributed by atoms with van der Waals surface area (Å²) in [5, 5.41) is 8.94. The Balaban J connectivity index is 1.58. The Labute approximate surface area is 119 Å². The first kappa shape index (κ1) is 13.9. The van der Waals surface area contributed by atoms with Crippen molar-refractivity contribution in [3.63, 3.8) is 0 Å². The molecule has 2 saturated carbocycles. The molecular formula is C15H23NO4. The van der Waals surface area contributed by atoms with E-state index in [0.29, 0.717) is 32.1 Å². The highest BCUT2D eigenvalue weighted by atomic mass is 16.5. The molecule has 4 unspecified atom stereocenters. The van der Waals surface area contributed by atoms with Crippen LogP contribution in [-0.2, 0) is 14.3 Å². The van der Waals surface area contributed by atoms with Crippen LogP contribution in [0, 0.1) is 17.8 Å². The molecule has 3 fully saturated rings. The maximum Gasteiger partial charge on any atom is 0.305 e. The molecule has 5 heteroatoms. The Morgan fingerprint density at radius 2 is 2.05 bits per heavy atom. The molecule has 0 aromatic rings. The van der Waals surface area contributed by atoms with E-state index in [9.17, 15) is 9.59 Å². The third-order valence-corrected chi connectivity index (χ3v) is 5.28. The standard InChI is InChI=1S/C15H23NO4/c17-14(7-12-6-10-1-2-11(12)5-10)16-3-4-20-9-13(16)8-15(18)19/h10-13H,1-9H2,(H,18,19). The molecule has 1 N–H and O–H groups in total. The second-order valence-electron chi connectivity index (χ2n) is 6.55. The summed E-state index contributed by atoms with van der Waals surface area (Å²) in [6, 6.07) is -0.285. The van der Waals surface area contributed by atoms with Gasteiger partial charge in [0, 0.05) is 13.0 Å². The zero-order valence-corrected chi connectivity index (χ0v) is 11.8. The van der Waals surface area contributed by atoms with Gasteiger partial charge in [0.1, 0.15) is 0 Å². The van der Waals surface area contributed by atoms with Gasteiger partial charge in [0.15, 0.2) is 0 Å². The van der Waals surface area contributed by atoms with Gasteiger partial charge in [-0.25, -0.2) is 0 Å². The number of amides is 1. The van der Waals surface area contributed by atoms with Crippen LogP contribution in [0.5, 0.6) is 0 Å². The molecule has 0 aromatic carbocycles. The minimum atomic E-state index is -0.863. The Morgan fingerprint density at radius 3 is 2.70 bits per heavy atom. The predicted octanol–water partition coefficient (Wildman–Crippen LogP) is 1.51. The first-order valence-electron chi connectivity index (χ1n) is 7.72. The molecular weight excluding hydrogens is 258 g/mol. The lowest BCUT2D eigenvalue weighted by Gasteiger charge is -2.36. The van der Waals surface area contributed by atoms with Crippen LogP contribution in [0.15, 0.2) is 0 Å². The van der Waals surface area contributed by atoms with E-state index in [4.69, 9.17) is 9.84 Å². The fourth-order valence-corrected chi connectivity index (χ4v) is 4.32. The molecule has 3 aliphatic rings. The van der Waals surface area contributed by atoms with E-state index in [2.05, 4.69) is 0 Å². The molecule has 1 aliphatic heterocycles. The quantitative estimate of drug-likeness (QED) is 0.848. The second kappa shape index (κ2) is 5.72. The number of morpholine rings is 1. The topological polar surface area (TPSA) is 66.8 Å². The van der Waals surface area contributed by atoms with Gasteiger partial charge in [0.2, 0.25) is 5.91 Å². The van der Waals surface area contributed by atoms with Gasteiger partial charge in [0.25, 0.3) is 0 Å². The molecule has 1 saturated heterocycles. The fourth-order valence-electron chi connectivity index (χ4n) is 4.32. The highest BCUT2D eigenvalue weighted by Gasteiger charge is 2.41. The van der Waals surface area contributed by atoms with E-state index in [1.165, 1.54) is 25.7 Å². The summed E-state index contributed by atoms with van der Waals surface area (Å²) < 4.78 is 5.33. The van der Waals surface area contributed by atoms with Crippen LogP contribution in [0.4, 0.5) is 0 Å². The minimum absolute atomic E-state index is 0.0114. The summed E-state index contributed by atoms with van der Waals surface area (Å²) in [5.41, 5.74) is 0. The number of hydrogen-bond donors (Lipinski definition) is 1. The van der Waals surface area contributed by atoms with Crippen molar-refractivity contribution in [3.8, 4) is 0 Å². The monoisotopic (exact) mass is 281 g/mol. The molecule has 2 bridgehead atoms. The van der Waals surface area contributed by atoms with E-state index in [0.717, 1.165) is 11.8 Å². The summed E-state index contributed by atoms with van der Waals surface area (Å²) in [6.45, 7) is 1.42. The van der Waals surface area contributed by atoms with Crippen LogP contribution in [0.25, 0.3) is 0 Å². The Hall–Kier alpha value is -1.10. The maximum absolute atomic E-state index is 12.5. The van der Waals surface area contributed by atoms with Crippen LogP contribution >= 0.6 is 0 Å². The normalized spacial score (nSPS) is 36.3. The van der Waals surface area contributed by atoms with Crippen molar-refractivity contribution in [2.24, 2.45) is 17.8 Å². The Morgan fingerprint density at radius 1 is 1.20 bits per heavy atom.